The van der Waals surface area contributed by atoms with E-state index < -0.39 is 5.97 Å². The second-order valence-corrected chi connectivity index (χ2v) is 6.53. The highest BCUT2D eigenvalue weighted by molar-refractivity contribution is 6.13. The Balaban J connectivity index is 2.14. The number of esters is 1. The van der Waals surface area contributed by atoms with Gasteiger partial charge in [0.05, 0.1) is 23.4 Å². The van der Waals surface area contributed by atoms with Crippen molar-refractivity contribution in [3.63, 3.8) is 0 Å². The fraction of sp³-hybridized carbons (Fsp3) is 0.250. The summed E-state index contributed by atoms with van der Waals surface area (Å²) in [5, 5.41) is 13.4. The van der Waals surface area contributed by atoms with E-state index >= 15 is 0 Å². The van der Waals surface area contributed by atoms with Crippen LogP contribution in [0.25, 0.3) is 27.8 Å². The van der Waals surface area contributed by atoms with E-state index in [0.29, 0.717) is 39.2 Å². The third-order valence-electron chi connectivity index (χ3n) is 4.65. The van der Waals surface area contributed by atoms with Gasteiger partial charge >= 0.3 is 5.97 Å². The Bertz CT molecular complexity index is 1280. The molecule has 0 saturated heterocycles. The molecule has 0 aromatic carbocycles. The molecule has 4 aromatic heterocycles. The van der Waals surface area contributed by atoms with Crippen LogP contribution in [0.2, 0.25) is 0 Å². The SMILES string of the molecule is CCOC(=O)c1nnc2c3c(-c4cccnc4)c(C(C)=O)c(C)nc3nn2c1C. The maximum Gasteiger partial charge on any atom is 0.360 e. The van der Waals surface area contributed by atoms with E-state index in [4.69, 9.17) is 4.74 Å². The van der Waals surface area contributed by atoms with Crippen molar-refractivity contribution >= 4 is 28.4 Å². The second kappa shape index (κ2) is 7.01. The van der Waals surface area contributed by atoms with Gasteiger partial charge in [-0.25, -0.2) is 14.3 Å². The number of rotatable bonds is 4. The number of pyridine rings is 2. The lowest BCUT2D eigenvalue weighted by Gasteiger charge is -2.11. The minimum absolute atomic E-state index is 0.0820. The molecule has 4 heterocycles. The molecule has 0 radical (unpaired) electrons. The van der Waals surface area contributed by atoms with Gasteiger partial charge in [-0.15, -0.1) is 15.3 Å². The summed E-state index contributed by atoms with van der Waals surface area (Å²) in [5.41, 5.74) is 3.81. The maximum atomic E-state index is 12.5. The average Bonchev–Trinajstić information content (AvgIpc) is 3.06. The van der Waals surface area contributed by atoms with Gasteiger partial charge in [0.15, 0.2) is 22.8 Å². The van der Waals surface area contributed by atoms with Crippen LogP contribution >= 0.6 is 0 Å². The zero-order chi connectivity index (χ0) is 20.7. The Kier molecular flexibility index (Phi) is 4.50. The summed E-state index contributed by atoms with van der Waals surface area (Å²) >= 11 is 0. The third-order valence-corrected chi connectivity index (χ3v) is 4.65. The summed E-state index contributed by atoms with van der Waals surface area (Å²) < 4.78 is 6.56. The smallest absolute Gasteiger partial charge is 0.360 e. The first-order valence-electron chi connectivity index (χ1n) is 9.08. The predicted octanol–water partition coefficient (Wildman–Crippen LogP) is 2.73. The van der Waals surface area contributed by atoms with Crippen LogP contribution in [0.5, 0.6) is 0 Å². The highest BCUT2D eigenvalue weighted by atomic mass is 16.5. The third kappa shape index (κ3) is 2.91. The van der Waals surface area contributed by atoms with Crippen molar-refractivity contribution < 1.29 is 14.3 Å². The number of aryl methyl sites for hydroxylation is 2. The zero-order valence-electron chi connectivity index (χ0n) is 16.4. The number of ether oxygens (including phenoxy) is 1. The molecule has 29 heavy (non-hydrogen) atoms. The van der Waals surface area contributed by atoms with E-state index in [-0.39, 0.29) is 18.1 Å². The molecule has 0 saturated carbocycles. The first-order chi connectivity index (χ1) is 13.9. The lowest BCUT2D eigenvalue weighted by Crippen LogP contribution is -2.14. The number of hydrogen-bond acceptors (Lipinski definition) is 8. The van der Waals surface area contributed by atoms with E-state index in [1.54, 1.807) is 39.2 Å². The monoisotopic (exact) mass is 390 g/mol. The Morgan fingerprint density at radius 2 is 2.00 bits per heavy atom. The summed E-state index contributed by atoms with van der Waals surface area (Å²) in [4.78, 5) is 33.3. The fourth-order valence-corrected chi connectivity index (χ4v) is 3.43. The van der Waals surface area contributed by atoms with E-state index in [2.05, 4.69) is 25.3 Å². The number of Topliss-reactive ketones (excluding diaryl/α,β-unsaturated/α-hetero) is 1. The minimum atomic E-state index is -0.569. The molecule has 0 bridgehead atoms. The van der Waals surface area contributed by atoms with Crippen molar-refractivity contribution in [3.05, 3.63) is 47.2 Å². The lowest BCUT2D eigenvalue weighted by molar-refractivity contribution is 0.0516. The Morgan fingerprint density at radius 1 is 1.21 bits per heavy atom. The van der Waals surface area contributed by atoms with Crippen molar-refractivity contribution in [2.24, 2.45) is 0 Å². The molecule has 0 spiro atoms. The van der Waals surface area contributed by atoms with Gasteiger partial charge in [-0.2, -0.15) is 0 Å². The number of hydrogen-bond donors (Lipinski definition) is 0. The summed E-state index contributed by atoms with van der Waals surface area (Å²) in [6.45, 7) is 6.92. The molecule has 9 heteroatoms. The van der Waals surface area contributed by atoms with Gasteiger partial charge in [0.2, 0.25) is 0 Å². The topological polar surface area (TPSA) is 112 Å². The molecule has 0 unspecified atom stereocenters. The molecule has 0 aliphatic heterocycles. The van der Waals surface area contributed by atoms with Gasteiger partial charge in [-0.05, 0) is 33.8 Å². The van der Waals surface area contributed by atoms with E-state index in [1.807, 2.05) is 6.07 Å². The first-order valence-corrected chi connectivity index (χ1v) is 9.08. The van der Waals surface area contributed by atoms with Crippen molar-refractivity contribution in [1.82, 2.24) is 29.8 Å². The van der Waals surface area contributed by atoms with E-state index in [9.17, 15) is 9.59 Å². The highest BCUT2D eigenvalue weighted by Crippen LogP contribution is 2.35. The molecule has 0 amide bonds. The van der Waals surface area contributed by atoms with Crippen molar-refractivity contribution in [2.45, 2.75) is 27.7 Å². The number of aromatic nitrogens is 6. The molecule has 4 rings (SSSR count). The molecule has 0 atom stereocenters. The standard InChI is InChI=1S/C20H18N6O3/c1-5-29-20(28)17-11(3)26-19(24-23-17)16-15(13-7-6-8-21-9-13)14(12(4)27)10(2)22-18(16)25-26/h6-9H,5H2,1-4H3. The van der Waals surface area contributed by atoms with Crippen LogP contribution in [-0.2, 0) is 4.74 Å². The van der Waals surface area contributed by atoms with Crippen LogP contribution in [-0.4, -0.2) is 48.1 Å². The van der Waals surface area contributed by atoms with Gasteiger partial charge < -0.3 is 4.74 Å². The number of carbonyl (C=O) groups is 2. The highest BCUT2D eigenvalue weighted by Gasteiger charge is 2.25. The Labute approximate surface area is 165 Å². The molecule has 0 aliphatic carbocycles. The Morgan fingerprint density at radius 3 is 2.66 bits per heavy atom. The van der Waals surface area contributed by atoms with Crippen molar-refractivity contribution in [3.8, 4) is 11.1 Å². The van der Waals surface area contributed by atoms with Crippen LogP contribution in [0, 0.1) is 13.8 Å². The minimum Gasteiger partial charge on any atom is -0.461 e. The molecule has 146 valence electrons. The zero-order valence-corrected chi connectivity index (χ0v) is 16.4. The van der Waals surface area contributed by atoms with Gasteiger partial charge in [0.1, 0.15) is 0 Å². The molecule has 0 aliphatic rings. The van der Waals surface area contributed by atoms with E-state index in [0.717, 1.165) is 5.56 Å². The summed E-state index contributed by atoms with van der Waals surface area (Å²) in [6.07, 6.45) is 3.34. The van der Waals surface area contributed by atoms with Gasteiger partial charge in [-0.1, -0.05) is 6.07 Å². The molecule has 9 nitrogen and oxygen atoms in total. The number of ketones is 1. The van der Waals surface area contributed by atoms with Crippen LogP contribution in [0.3, 0.4) is 0 Å². The van der Waals surface area contributed by atoms with Crippen LogP contribution in [0.15, 0.2) is 24.5 Å². The van der Waals surface area contributed by atoms with Crippen molar-refractivity contribution in [2.75, 3.05) is 6.61 Å². The quantitative estimate of drug-likeness (QED) is 0.386. The molecule has 4 aromatic rings. The second-order valence-electron chi connectivity index (χ2n) is 6.53. The summed E-state index contributed by atoms with van der Waals surface area (Å²) in [6, 6.07) is 3.66. The van der Waals surface area contributed by atoms with E-state index in [1.165, 1.54) is 11.4 Å². The summed E-state index contributed by atoms with van der Waals surface area (Å²) in [7, 11) is 0. The fourth-order valence-electron chi connectivity index (χ4n) is 3.43. The first kappa shape index (κ1) is 18.6. The van der Waals surface area contributed by atoms with Gasteiger partial charge in [0, 0.05) is 29.1 Å². The molecule has 0 N–H and O–H groups in total. The molecule has 0 fully saturated rings. The lowest BCUT2D eigenvalue weighted by atomic mass is 9.95. The predicted molar refractivity (Wildman–Crippen MR) is 105 cm³/mol. The van der Waals surface area contributed by atoms with Crippen LogP contribution in [0.1, 0.15) is 46.1 Å². The largest absolute Gasteiger partial charge is 0.461 e. The van der Waals surface area contributed by atoms with Crippen molar-refractivity contribution in [1.29, 1.82) is 0 Å². The number of fused-ring (bicyclic) bond motifs is 3. The van der Waals surface area contributed by atoms with Crippen LogP contribution < -0.4 is 0 Å². The molecular weight excluding hydrogens is 372 g/mol. The summed E-state index contributed by atoms with van der Waals surface area (Å²) in [5.74, 6) is -0.692. The molecular formula is C20H18N6O3. The van der Waals surface area contributed by atoms with Gasteiger partial charge in [0.25, 0.3) is 0 Å². The Hall–Kier alpha value is -3.75. The number of carbonyl (C=O) groups excluding carboxylic acids is 2. The maximum absolute atomic E-state index is 12.5. The van der Waals surface area contributed by atoms with Gasteiger partial charge in [-0.3, -0.25) is 9.78 Å². The number of nitrogens with zero attached hydrogens (tertiary/aromatic N) is 6. The average molecular weight is 390 g/mol. The normalized spacial score (nSPS) is 11.2. The van der Waals surface area contributed by atoms with Crippen LogP contribution in [0.4, 0.5) is 0 Å².